The monoisotopic (exact) mass is 220 g/mol. The van der Waals surface area contributed by atoms with Gasteiger partial charge in [0.1, 0.15) is 0 Å². The molecule has 1 aromatic rings. The molecular weight excluding hydrogens is 200 g/mol. The quantitative estimate of drug-likeness (QED) is 0.776. The van der Waals surface area contributed by atoms with E-state index in [9.17, 15) is 0 Å². The molecule has 1 aliphatic heterocycles. The Bertz CT molecular complexity index is 289. The van der Waals surface area contributed by atoms with Gasteiger partial charge in [0.2, 0.25) is 0 Å². The van der Waals surface area contributed by atoms with Gasteiger partial charge in [0.05, 0.1) is 13.2 Å². The van der Waals surface area contributed by atoms with E-state index in [-0.39, 0.29) is 6.29 Å². The number of hydrogen-bond acceptors (Lipinski definition) is 2. The fourth-order valence-corrected chi connectivity index (χ4v) is 2.08. The second-order valence-corrected chi connectivity index (χ2v) is 4.44. The highest BCUT2D eigenvalue weighted by Gasteiger charge is 2.21. The van der Waals surface area contributed by atoms with Crippen LogP contribution >= 0.6 is 0 Å². The van der Waals surface area contributed by atoms with Gasteiger partial charge in [-0.05, 0) is 12.0 Å². The number of benzene rings is 1. The van der Waals surface area contributed by atoms with Crippen LogP contribution in [0.3, 0.4) is 0 Å². The van der Waals surface area contributed by atoms with Gasteiger partial charge < -0.3 is 9.47 Å². The summed E-state index contributed by atoms with van der Waals surface area (Å²) in [5, 5.41) is 0. The van der Waals surface area contributed by atoms with Crippen LogP contribution in [0.25, 0.3) is 0 Å². The van der Waals surface area contributed by atoms with Gasteiger partial charge in [0.25, 0.3) is 0 Å². The van der Waals surface area contributed by atoms with Gasteiger partial charge >= 0.3 is 0 Å². The Morgan fingerprint density at radius 2 is 1.81 bits per heavy atom. The highest BCUT2D eigenvalue weighted by atomic mass is 16.7. The van der Waals surface area contributed by atoms with E-state index in [2.05, 4.69) is 31.2 Å². The van der Waals surface area contributed by atoms with E-state index in [1.165, 1.54) is 18.4 Å². The molecule has 88 valence electrons. The normalized spacial score (nSPS) is 25.6. The van der Waals surface area contributed by atoms with Gasteiger partial charge in [-0.25, -0.2) is 0 Å². The zero-order valence-electron chi connectivity index (χ0n) is 9.89. The molecule has 0 spiro atoms. The Kier molecular flexibility index (Phi) is 4.37. The fourth-order valence-electron chi connectivity index (χ4n) is 2.08. The number of ether oxygens (including phenoxy) is 2. The Morgan fingerprint density at radius 1 is 1.12 bits per heavy atom. The van der Waals surface area contributed by atoms with Crippen LogP contribution in [0.2, 0.25) is 0 Å². The summed E-state index contributed by atoms with van der Waals surface area (Å²) in [4.78, 5) is 0. The zero-order chi connectivity index (χ0) is 11.2. The summed E-state index contributed by atoms with van der Waals surface area (Å²) in [6.45, 7) is 3.91. The standard InChI is InChI=1S/C14H20O2/c1-2-6-13-10-15-14(16-11-13)9-12-7-4-3-5-8-12/h3-5,7-8,13-14H,2,6,9-11H2,1H3. The van der Waals surface area contributed by atoms with Crippen molar-refractivity contribution in [2.45, 2.75) is 32.5 Å². The van der Waals surface area contributed by atoms with E-state index >= 15 is 0 Å². The van der Waals surface area contributed by atoms with Crippen molar-refractivity contribution in [1.82, 2.24) is 0 Å². The van der Waals surface area contributed by atoms with Crippen molar-refractivity contribution in [3.63, 3.8) is 0 Å². The van der Waals surface area contributed by atoms with Crippen LogP contribution in [0.4, 0.5) is 0 Å². The van der Waals surface area contributed by atoms with E-state index in [1.807, 2.05) is 6.07 Å². The van der Waals surface area contributed by atoms with E-state index in [0.29, 0.717) is 5.92 Å². The summed E-state index contributed by atoms with van der Waals surface area (Å²) < 4.78 is 11.4. The second kappa shape index (κ2) is 6.02. The molecule has 0 atom stereocenters. The molecule has 0 unspecified atom stereocenters. The van der Waals surface area contributed by atoms with Gasteiger partial charge in [0, 0.05) is 12.3 Å². The van der Waals surface area contributed by atoms with Crippen molar-refractivity contribution >= 4 is 0 Å². The minimum atomic E-state index is -0.0458. The number of hydrogen-bond donors (Lipinski definition) is 0. The Hall–Kier alpha value is -0.860. The summed E-state index contributed by atoms with van der Waals surface area (Å²) in [6, 6.07) is 10.4. The second-order valence-electron chi connectivity index (χ2n) is 4.44. The van der Waals surface area contributed by atoms with E-state index in [0.717, 1.165) is 19.6 Å². The molecular formula is C14H20O2. The largest absolute Gasteiger partial charge is 0.352 e. The van der Waals surface area contributed by atoms with Crippen LogP contribution < -0.4 is 0 Å². The van der Waals surface area contributed by atoms with Crippen LogP contribution in [0.1, 0.15) is 25.3 Å². The molecule has 0 N–H and O–H groups in total. The minimum absolute atomic E-state index is 0.0458. The van der Waals surface area contributed by atoms with Crippen molar-refractivity contribution in [2.75, 3.05) is 13.2 Å². The van der Waals surface area contributed by atoms with Crippen LogP contribution in [-0.2, 0) is 15.9 Å². The highest BCUT2D eigenvalue weighted by molar-refractivity contribution is 5.15. The first kappa shape index (κ1) is 11.6. The molecule has 1 heterocycles. The number of rotatable bonds is 4. The highest BCUT2D eigenvalue weighted by Crippen LogP contribution is 2.18. The molecule has 2 heteroatoms. The lowest BCUT2D eigenvalue weighted by Gasteiger charge is -2.29. The molecule has 2 rings (SSSR count). The minimum Gasteiger partial charge on any atom is -0.352 e. The Morgan fingerprint density at radius 3 is 2.44 bits per heavy atom. The first-order valence-corrected chi connectivity index (χ1v) is 6.15. The first-order chi connectivity index (χ1) is 7.88. The van der Waals surface area contributed by atoms with Crippen LogP contribution in [0.15, 0.2) is 30.3 Å². The van der Waals surface area contributed by atoms with Crippen molar-refractivity contribution in [1.29, 1.82) is 0 Å². The van der Waals surface area contributed by atoms with Gasteiger partial charge in [0.15, 0.2) is 6.29 Å². The third kappa shape index (κ3) is 3.32. The summed E-state index contributed by atoms with van der Waals surface area (Å²) in [7, 11) is 0. The van der Waals surface area contributed by atoms with Crippen LogP contribution in [-0.4, -0.2) is 19.5 Å². The lowest BCUT2D eigenvalue weighted by Crippen LogP contribution is -2.33. The molecule has 16 heavy (non-hydrogen) atoms. The van der Waals surface area contributed by atoms with Gasteiger partial charge in [-0.15, -0.1) is 0 Å². The molecule has 1 aromatic carbocycles. The lowest BCUT2D eigenvalue weighted by molar-refractivity contribution is -0.200. The SMILES string of the molecule is CCCC1COC(Cc2ccccc2)OC1. The maximum absolute atomic E-state index is 5.72. The third-order valence-corrected chi connectivity index (χ3v) is 2.98. The van der Waals surface area contributed by atoms with Gasteiger partial charge in [-0.3, -0.25) is 0 Å². The average molecular weight is 220 g/mol. The van der Waals surface area contributed by atoms with E-state index in [1.54, 1.807) is 0 Å². The molecule has 0 saturated carbocycles. The van der Waals surface area contributed by atoms with Crippen LogP contribution in [0.5, 0.6) is 0 Å². The third-order valence-electron chi connectivity index (χ3n) is 2.98. The van der Waals surface area contributed by atoms with Gasteiger partial charge in [-0.2, -0.15) is 0 Å². The Labute approximate surface area is 97.6 Å². The molecule has 0 amide bonds. The molecule has 1 fully saturated rings. The molecule has 0 radical (unpaired) electrons. The van der Waals surface area contributed by atoms with Gasteiger partial charge in [-0.1, -0.05) is 43.7 Å². The van der Waals surface area contributed by atoms with Crippen molar-refractivity contribution in [3.05, 3.63) is 35.9 Å². The predicted molar refractivity (Wildman–Crippen MR) is 64.2 cm³/mol. The molecule has 1 aliphatic rings. The Balaban J connectivity index is 1.77. The van der Waals surface area contributed by atoms with Crippen LogP contribution in [0, 0.1) is 5.92 Å². The maximum atomic E-state index is 5.72. The average Bonchev–Trinajstić information content (AvgIpc) is 2.33. The fraction of sp³-hybridized carbons (Fsp3) is 0.571. The predicted octanol–water partition coefficient (Wildman–Crippen LogP) is 3.02. The topological polar surface area (TPSA) is 18.5 Å². The lowest BCUT2D eigenvalue weighted by atomic mass is 10.1. The zero-order valence-corrected chi connectivity index (χ0v) is 9.89. The van der Waals surface area contributed by atoms with E-state index < -0.39 is 0 Å². The summed E-state index contributed by atoms with van der Waals surface area (Å²) in [5.41, 5.74) is 1.28. The van der Waals surface area contributed by atoms with Crippen molar-refractivity contribution in [3.8, 4) is 0 Å². The molecule has 1 saturated heterocycles. The summed E-state index contributed by atoms with van der Waals surface area (Å²) in [6.07, 6.45) is 3.23. The van der Waals surface area contributed by atoms with E-state index in [4.69, 9.17) is 9.47 Å². The first-order valence-electron chi connectivity index (χ1n) is 6.15. The maximum Gasteiger partial charge on any atom is 0.161 e. The van der Waals surface area contributed by atoms with Crippen molar-refractivity contribution in [2.24, 2.45) is 5.92 Å². The molecule has 0 aliphatic carbocycles. The molecule has 0 aromatic heterocycles. The molecule has 0 bridgehead atoms. The summed E-state index contributed by atoms with van der Waals surface area (Å²) >= 11 is 0. The van der Waals surface area contributed by atoms with Crippen molar-refractivity contribution < 1.29 is 9.47 Å². The summed E-state index contributed by atoms with van der Waals surface area (Å²) in [5.74, 6) is 0.594. The molecule has 2 nitrogen and oxygen atoms in total. The smallest absolute Gasteiger partial charge is 0.161 e.